The molecule has 0 unspecified atom stereocenters. The summed E-state index contributed by atoms with van der Waals surface area (Å²) in [6.45, 7) is 8.81. The van der Waals surface area contributed by atoms with Crippen molar-refractivity contribution in [1.82, 2.24) is 4.98 Å². The zero-order valence-electron chi connectivity index (χ0n) is 13.3. The summed E-state index contributed by atoms with van der Waals surface area (Å²) >= 11 is 0. The molecule has 1 aromatic heterocycles. The van der Waals surface area contributed by atoms with Crippen molar-refractivity contribution in [3.05, 3.63) is 30.0 Å². The minimum Gasteiger partial charge on any atom is -0.381 e. The van der Waals surface area contributed by atoms with Gasteiger partial charge in [-0.15, -0.1) is 0 Å². The highest BCUT2D eigenvalue weighted by Crippen LogP contribution is 2.33. The second kappa shape index (κ2) is 5.92. The molecule has 0 saturated carbocycles. The largest absolute Gasteiger partial charge is 0.381 e. The van der Waals surface area contributed by atoms with Crippen molar-refractivity contribution in [3.8, 4) is 0 Å². The average molecular weight is 283 g/mol. The van der Waals surface area contributed by atoms with E-state index in [1.807, 2.05) is 6.20 Å². The number of aryl methyl sites for hydroxylation is 1. The highest BCUT2D eigenvalue weighted by molar-refractivity contribution is 6.00. The first-order valence-electron chi connectivity index (χ1n) is 8.12. The number of fused-ring (bicyclic) bond motifs is 1. The number of aromatic nitrogens is 1. The van der Waals surface area contributed by atoms with Gasteiger partial charge in [-0.1, -0.05) is 19.1 Å². The van der Waals surface area contributed by atoms with Crippen LogP contribution in [-0.2, 0) is 6.42 Å². The molecule has 0 aliphatic carbocycles. The maximum Gasteiger partial charge on any atom is 0.136 e. The van der Waals surface area contributed by atoms with E-state index in [9.17, 15) is 0 Å². The van der Waals surface area contributed by atoms with Crippen LogP contribution in [0.25, 0.3) is 10.8 Å². The highest BCUT2D eigenvalue weighted by Gasteiger charge is 2.18. The first kappa shape index (κ1) is 14.2. The van der Waals surface area contributed by atoms with Gasteiger partial charge in [0, 0.05) is 29.9 Å². The van der Waals surface area contributed by atoms with Gasteiger partial charge in [0.15, 0.2) is 0 Å². The van der Waals surface area contributed by atoms with Crippen molar-refractivity contribution in [2.45, 2.75) is 46.1 Å². The van der Waals surface area contributed by atoms with E-state index in [1.165, 1.54) is 29.2 Å². The minimum absolute atomic E-state index is 0.415. The topological polar surface area (TPSA) is 28.2 Å². The Kier molecular flexibility index (Phi) is 4.00. The van der Waals surface area contributed by atoms with Crippen molar-refractivity contribution in [3.63, 3.8) is 0 Å². The van der Waals surface area contributed by atoms with Crippen molar-refractivity contribution in [2.75, 3.05) is 23.3 Å². The predicted octanol–water partition coefficient (Wildman–Crippen LogP) is 4.22. The molecular formula is C18H25N3. The van der Waals surface area contributed by atoms with Gasteiger partial charge in [0.25, 0.3) is 0 Å². The number of nitrogens with one attached hydrogen (secondary N) is 1. The van der Waals surface area contributed by atoms with Gasteiger partial charge < -0.3 is 10.2 Å². The van der Waals surface area contributed by atoms with Gasteiger partial charge in [-0.2, -0.15) is 0 Å². The van der Waals surface area contributed by atoms with Gasteiger partial charge in [0.2, 0.25) is 0 Å². The smallest absolute Gasteiger partial charge is 0.136 e. The summed E-state index contributed by atoms with van der Waals surface area (Å²) in [6.07, 6.45) is 5.63. The summed E-state index contributed by atoms with van der Waals surface area (Å²) in [4.78, 5) is 7.21. The Balaban J connectivity index is 2.14. The Morgan fingerprint density at radius 2 is 1.95 bits per heavy atom. The Morgan fingerprint density at radius 3 is 2.62 bits per heavy atom. The third-order valence-corrected chi connectivity index (χ3v) is 4.19. The van der Waals surface area contributed by atoms with Crippen LogP contribution in [0.1, 0.15) is 39.2 Å². The van der Waals surface area contributed by atoms with Gasteiger partial charge in [0.1, 0.15) is 5.82 Å². The lowest BCUT2D eigenvalue weighted by Crippen LogP contribution is -2.20. The SMILES string of the molecule is CCc1ccc2c(NC(C)C)cnc(N3CCCC3)c2c1. The molecule has 2 heterocycles. The molecular weight excluding hydrogens is 258 g/mol. The quantitative estimate of drug-likeness (QED) is 0.910. The lowest BCUT2D eigenvalue weighted by Gasteiger charge is -2.21. The number of nitrogens with zero attached hydrogens (tertiary/aromatic N) is 2. The van der Waals surface area contributed by atoms with Gasteiger partial charge >= 0.3 is 0 Å². The molecule has 2 aromatic rings. The third kappa shape index (κ3) is 2.82. The molecule has 0 amide bonds. The fraction of sp³-hybridized carbons (Fsp3) is 0.500. The second-order valence-corrected chi connectivity index (χ2v) is 6.22. The van der Waals surface area contributed by atoms with Gasteiger partial charge in [-0.05, 0) is 44.7 Å². The summed E-state index contributed by atoms with van der Waals surface area (Å²) < 4.78 is 0. The van der Waals surface area contributed by atoms with Crippen LogP contribution >= 0.6 is 0 Å². The molecule has 3 nitrogen and oxygen atoms in total. The summed E-state index contributed by atoms with van der Waals surface area (Å²) in [5, 5.41) is 6.11. The van der Waals surface area contributed by atoms with Crippen LogP contribution < -0.4 is 10.2 Å². The molecule has 1 N–H and O–H groups in total. The van der Waals surface area contributed by atoms with E-state index in [0.717, 1.165) is 31.0 Å². The monoisotopic (exact) mass is 283 g/mol. The Labute approximate surface area is 127 Å². The van der Waals surface area contributed by atoms with Crippen LogP contribution in [0.3, 0.4) is 0 Å². The van der Waals surface area contributed by atoms with Crippen LogP contribution in [0.5, 0.6) is 0 Å². The van der Waals surface area contributed by atoms with E-state index in [0.29, 0.717) is 6.04 Å². The lowest BCUT2D eigenvalue weighted by atomic mass is 10.0. The molecule has 1 aliphatic rings. The molecule has 1 aliphatic heterocycles. The molecule has 21 heavy (non-hydrogen) atoms. The molecule has 112 valence electrons. The zero-order valence-corrected chi connectivity index (χ0v) is 13.3. The van der Waals surface area contributed by atoms with Crippen molar-refractivity contribution in [1.29, 1.82) is 0 Å². The average Bonchev–Trinajstić information content (AvgIpc) is 3.00. The Hall–Kier alpha value is -1.77. The number of rotatable bonds is 4. The molecule has 0 radical (unpaired) electrons. The maximum absolute atomic E-state index is 4.78. The normalized spacial score (nSPS) is 15.1. The first-order valence-corrected chi connectivity index (χ1v) is 8.12. The molecule has 1 fully saturated rings. The molecule has 3 heteroatoms. The fourth-order valence-corrected chi connectivity index (χ4v) is 3.10. The molecule has 0 atom stereocenters. The number of hydrogen-bond donors (Lipinski definition) is 1. The number of benzene rings is 1. The third-order valence-electron chi connectivity index (χ3n) is 4.19. The number of hydrogen-bond acceptors (Lipinski definition) is 3. The lowest BCUT2D eigenvalue weighted by molar-refractivity contribution is 0.897. The number of anilines is 2. The first-order chi connectivity index (χ1) is 10.2. The van der Waals surface area contributed by atoms with Gasteiger partial charge in [-0.3, -0.25) is 0 Å². The molecule has 0 bridgehead atoms. The highest BCUT2D eigenvalue weighted by atomic mass is 15.2. The van der Waals surface area contributed by atoms with E-state index >= 15 is 0 Å². The summed E-state index contributed by atoms with van der Waals surface area (Å²) in [5.41, 5.74) is 2.53. The summed E-state index contributed by atoms with van der Waals surface area (Å²) in [7, 11) is 0. The van der Waals surface area contributed by atoms with Crippen LogP contribution in [0, 0.1) is 0 Å². The number of pyridine rings is 1. The van der Waals surface area contributed by atoms with E-state index < -0.39 is 0 Å². The Bertz CT molecular complexity index is 628. The maximum atomic E-state index is 4.78. The van der Waals surface area contributed by atoms with Gasteiger partial charge in [-0.25, -0.2) is 4.98 Å². The van der Waals surface area contributed by atoms with Crippen molar-refractivity contribution >= 4 is 22.3 Å². The Morgan fingerprint density at radius 1 is 1.19 bits per heavy atom. The van der Waals surface area contributed by atoms with E-state index in [1.54, 1.807) is 0 Å². The zero-order chi connectivity index (χ0) is 14.8. The molecule has 0 spiro atoms. The van der Waals surface area contributed by atoms with E-state index in [2.05, 4.69) is 49.2 Å². The van der Waals surface area contributed by atoms with E-state index in [-0.39, 0.29) is 0 Å². The van der Waals surface area contributed by atoms with Crippen LogP contribution in [0.15, 0.2) is 24.4 Å². The summed E-state index contributed by atoms with van der Waals surface area (Å²) in [6, 6.07) is 7.22. The molecule has 3 rings (SSSR count). The van der Waals surface area contributed by atoms with Crippen molar-refractivity contribution < 1.29 is 0 Å². The van der Waals surface area contributed by atoms with Crippen LogP contribution in [-0.4, -0.2) is 24.1 Å². The standard InChI is InChI=1S/C18H25N3/c1-4-14-7-8-15-16(11-14)18(21-9-5-6-10-21)19-12-17(15)20-13(2)3/h7-8,11-13,20H,4-6,9-10H2,1-3H3. The van der Waals surface area contributed by atoms with E-state index in [4.69, 9.17) is 4.98 Å². The summed E-state index contributed by atoms with van der Waals surface area (Å²) in [5.74, 6) is 1.16. The second-order valence-electron chi connectivity index (χ2n) is 6.22. The molecule has 1 saturated heterocycles. The fourth-order valence-electron chi connectivity index (χ4n) is 3.10. The predicted molar refractivity (Wildman–Crippen MR) is 91.3 cm³/mol. The van der Waals surface area contributed by atoms with Gasteiger partial charge in [0.05, 0.1) is 11.9 Å². The van der Waals surface area contributed by atoms with Crippen LogP contribution in [0.2, 0.25) is 0 Å². The van der Waals surface area contributed by atoms with Crippen molar-refractivity contribution in [2.24, 2.45) is 0 Å². The minimum atomic E-state index is 0.415. The van der Waals surface area contributed by atoms with Crippen LogP contribution in [0.4, 0.5) is 11.5 Å². The molecule has 1 aromatic carbocycles.